The molecule has 1 aromatic heterocycles. The zero-order chi connectivity index (χ0) is 18.4. The fraction of sp³-hybridized carbons (Fsp3) is 0.450. The Morgan fingerprint density at radius 1 is 1.12 bits per heavy atom. The lowest BCUT2D eigenvalue weighted by atomic mass is 10.1. The van der Waals surface area contributed by atoms with Crippen molar-refractivity contribution in [3.05, 3.63) is 41.9 Å². The molecule has 1 aromatic carbocycles. The van der Waals surface area contributed by atoms with Gasteiger partial charge in [0.25, 0.3) is 5.91 Å². The van der Waals surface area contributed by atoms with Gasteiger partial charge in [-0.2, -0.15) is 0 Å². The summed E-state index contributed by atoms with van der Waals surface area (Å²) in [6.07, 6.45) is 8.36. The van der Waals surface area contributed by atoms with Crippen LogP contribution < -0.4 is 15.4 Å². The van der Waals surface area contributed by atoms with Crippen LogP contribution in [0.3, 0.4) is 0 Å². The Balaban J connectivity index is 1.71. The van der Waals surface area contributed by atoms with Gasteiger partial charge < -0.3 is 15.4 Å². The zero-order valence-electron chi connectivity index (χ0n) is 15.4. The van der Waals surface area contributed by atoms with Crippen LogP contribution in [0.2, 0.25) is 0 Å². The number of hydrogen-bond acceptors (Lipinski definition) is 5. The third kappa shape index (κ3) is 4.71. The van der Waals surface area contributed by atoms with E-state index >= 15 is 0 Å². The number of amides is 1. The fourth-order valence-electron chi connectivity index (χ4n) is 3.29. The highest BCUT2D eigenvalue weighted by Gasteiger charge is 2.17. The van der Waals surface area contributed by atoms with Crippen LogP contribution in [0.1, 0.15) is 54.6 Å². The van der Waals surface area contributed by atoms with E-state index in [9.17, 15) is 4.79 Å². The van der Waals surface area contributed by atoms with Gasteiger partial charge in [0.15, 0.2) is 0 Å². The predicted octanol–water partition coefficient (Wildman–Crippen LogP) is 3.99. The van der Waals surface area contributed by atoms with Gasteiger partial charge in [0, 0.05) is 12.1 Å². The number of benzene rings is 1. The molecule has 1 aliphatic rings. The summed E-state index contributed by atoms with van der Waals surface area (Å²) < 4.78 is 5.38. The number of methoxy groups -OCH3 is 1. The number of nitrogens with one attached hydrogen (secondary N) is 2. The van der Waals surface area contributed by atoms with Crippen LogP contribution in [0.15, 0.2) is 30.6 Å². The molecule has 26 heavy (non-hydrogen) atoms. The van der Waals surface area contributed by atoms with Crippen molar-refractivity contribution in [3.63, 3.8) is 0 Å². The highest BCUT2D eigenvalue weighted by Crippen LogP contribution is 2.28. The number of aromatic nitrogens is 2. The van der Waals surface area contributed by atoms with Gasteiger partial charge in [-0.15, -0.1) is 0 Å². The molecule has 6 nitrogen and oxygen atoms in total. The van der Waals surface area contributed by atoms with Gasteiger partial charge in [-0.25, -0.2) is 9.97 Å². The van der Waals surface area contributed by atoms with Gasteiger partial charge in [-0.3, -0.25) is 4.79 Å². The number of carbonyl (C=O) groups excluding carboxylic acids is 1. The summed E-state index contributed by atoms with van der Waals surface area (Å²) in [5.74, 6) is 1.15. The van der Waals surface area contributed by atoms with Crippen molar-refractivity contribution in [1.82, 2.24) is 15.3 Å². The van der Waals surface area contributed by atoms with Crippen LogP contribution in [0, 0.1) is 6.92 Å². The summed E-state index contributed by atoms with van der Waals surface area (Å²) in [6, 6.07) is 7.78. The quantitative estimate of drug-likeness (QED) is 0.794. The molecule has 0 unspecified atom stereocenters. The monoisotopic (exact) mass is 354 g/mol. The van der Waals surface area contributed by atoms with E-state index in [4.69, 9.17) is 4.74 Å². The predicted molar refractivity (Wildman–Crippen MR) is 102 cm³/mol. The molecule has 1 fully saturated rings. The van der Waals surface area contributed by atoms with Crippen molar-refractivity contribution in [2.24, 2.45) is 0 Å². The van der Waals surface area contributed by atoms with Crippen LogP contribution in [0.4, 0.5) is 11.5 Å². The second-order valence-electron chi connectivity index (χ2n) is 6.78. The average Bonchev–Trinajstić information content (AvgIpc) is 2.91. The standard InChI is InChI=1S/C20H26N4O2/c1-14-9-10-18(26-2)16(11-14)24-19-12-17(21-13-22-19)20(25)23-15-7-5-3-4-6-8-15/h9-13,15H,3-8H2,1-2H3,(H,23,25)(H,21,22,24). The molecule has 3 rings (SSSR count). The molecule has 1 heterocycles. The smallest absolute Gasteiger partial charge is 0.270 e. The first kappa shape index (κ1) is 18.2. The number of aryl methyl sites for hydroxylation is 1. The van der Waals surface area contributed by atoms with E-state index in [1.54, 1.807) is 13.2 Å². The lowest BCUT2D eigenvalue weighted by molar-refractivity contribution is 0.0928. The molecule has 0 spiro atoms. The topological polar surface area (TPSA) is 76.1 Å². The molecule has 0 saturated heterocycles. The third-order valence-electron chi connectivity index (χ3n) is 4.71. The maximum atomic E-state index is 12.6. The molecule has 1 amide bonds. The molecule has 0 radical (unpaired) electrons. The molecule has 2 N–H and O–H groups in total. The van der Waals surface area contributed by atoms with Crippen LogP contribution in [-0.2, 0) is 0 Å². The number of ether oxygens (including phenoxy) is 1. The summed E-state index contributed by atoms with van der Waals surface area (Å²) >= 11 is 0. The van der Waals surface area contributed by atoms with Crippen molar-refractivity contribution < 1.29 is 9.53 Å². The molecule has 2 aromatic rings. The fourth-order valence-corrected chi connectivity index (χ4v) is 3.29. The van der Waals surface area contributed by atoms with E-state index in [1.165, 1.54) is 32.0 Å². The summed E-state index contributed by atoms with van der Waals surface area (Å²) in [6.45, 7) is 2.01. The molecule has 0 atom stereocenters. The summed E-state index contributed by atoms with van der Waals surface area (Å²) in [7, 11) is 1.63. The largest absolute Gasteiger partial charge is 0.495 e. The van der Waals surface area contributed by atoms with Gasteiger partial charge in [0.1, 0.15) is 23.6 Å². The first-order chi connectivity index (χ1) is 12.7. The Morgan fingerprint density at radius 3 is 2.62 bits per heavy atom. The average molecular weight is 354 g/mol. The summed E-state index contributed by atoms with van der Waals surface area (Å²) in [4.78, 5) is 20.9. The SMILES string of the molecule is COc1ccc(C)cc1Nc1cc(C(=O)NC2CCCCCC2)ncn1. The number of anilines is 2. The second kappa shape index (κ2) is 8.65. The molecule has 1 aliphatic carbocycles. The van der Waals surface area contributed by atoms with Crippen LogP contribution in [0.5, 0.6) is 5.75 Å². The zero-order valence-corrected chi connectivity index (χ0v) is 15.4. The Bertz CT molecular complexity index is 755. The molecule has 6 heteroatoms. The lowest BCUT2D eigenvalue weighted by Crippen LogP contribution is -2.34. The summed E-state index contributed by atoms with van der Waals surface area (Å²) in [5, 5.41) is 6.33. The van der Waals surface area contributed by atoms with Crippen molar-refractivity contribution in [2.75, 3.05) is 12.4 Å². The number of rotatable bonds is 5. The van der Waals surface area contributed by atoms with E-state index in [1.807, 2.05) is 25.1 Å². The summed E-state index contributed by atoms with van der Waals surface area (Å²) in [5.41, 5.74) is 2.29. The maximum absolute atomic E-state index is 12.6. The first-order valence-corrected chi connectivity index (χ1v) is 9.20. The van der Waals surface area contributed by atoms with Crippen LogP contribution in [0.25, 0.3) is 0 Å². The minimum atomic E-state index is -0.140. The third-order valence-corrected chi connectivity index (χ3v) is 4.71. The molecule has 0 aliphatic heterocycles. The van der Waals surface area contributed by atoms with Crippen molar-refractivity contribution in [2.45, 2.75) is 51.5 Å². The van der Waals surface area contributed by atoms with Crippen LogP contribution in [-0.4, -0.2) is 29.0 Å². The van der Waals surface area contributed by atoms with Gasteiger partial charge in [-0.05, 0) is 37.5 Å². The maximum Gasteiger partial charge on any atom is 0.270 e. The highest BCUT2D eigenvalue weighted by molar-refractivity contribution is 5.93. The number of carbonyl (C=O) groups is 1. The van der Waals surface area contributed by atoms with Gasteiger partial charge in [0.05, 0.1) is 12.8 Å². The Kier molecular flexibility index (Phi) is 6.04. The molecular formula is C20H26N4O2. The van der Waals surface area contributed by atoms with Crippen molar-refractivity contribution in [3.8, 4) is 5.75 Å². The van der Waals surface area contributed by atoms with Gasteiger partial charge in [-0.1, -0.05) is 31.7 Å². The molecular weight excluding hydrogens is 328 g/mol. The van der Waals surface area contributed by atoms with Gasteiger partial charge >= 0.3 is 0 Å². The Morgan fingerprint density at radius 2 is 1.88 bits per heavy atom. The van der Waals surface area contributed by atoms with E-state index in [-0.39, 0.29) is 11.9 Å². The lowest BCUT2D eigenvalue weighted by Gasteiger charge is -2.16. The Hall–Kier alpha value is -2.63. The molecule has 1 saturated carbocycles. The Labute approximate surface area is 154 Å². The van der Waals surface area contributed by atoms with E-state index in [0.29, 0.717) is 11.5 Å². The van der Waals surface area contributed by atoms with Crippen molar-refractivity contribution >= 4 is 17.4 Å². The second-order valence-corrected chi connectivity index (χ2v) is 6.78. The van der Waals surface area contributed by atoms with E-state index in [0.717, 1.165) is 29.8 Å². The van der Waals surface area contributed by atoms with E-state index in [2.05, 4.69) is 20.6 Å². The van der Waals surface area contributed by atoms with Crippen LogP contribution >= 0.6 is 0 Å². The molecule has 138 valence electrons. The molecule has 0 bridgehead atoms. The van der Waals surface area contributed by atoms with E-state index < -0.39 is 0 Å². The van der Waals surface area contributed by atoms with Gasteiger partial charge in [0.2, 0.25) is 0 Å². The minimum Gasteiger partial charge on any atom is -0.495 e. The first-order valence-electron chi connectivity index (χ1n) is 9.20. The van der Waals surface area contributed by atoms with Crippen molar-refractivity contribution in [1.29, 1.82) is 0 Å². The highest BCUT2D eigenvalue weighted by atomic mass is 16.5. The number of nitrogens with zero attached hydrogens (tertiary/aromatic N) is 2. The normalized spacial score (nSPS) is 15.2. The number of hydrogen-bond donors (Lipinski definition) is 2. The minimum absolute atomic E-state index is 0.140.